The van der Waals surface area contributed by atoms with Gasteiger partial charge >= 0.3 is 0 Å². The quantitative estimate of drug-likeness (QED) is 0.348. The third-order valence-corrected chi connectivity index (χ3v) is 7.52. The van der Waals surface area contributed by atoms with Crippen molar-refractivity contribution in [3.8, 4) is 5.75 Å². The van der Waals surface area contributed by atoms with Crippen molar-refractivity contribution in [3.63, 3.8) is 0 Å². The normalized spacial score (nSPS) is 12.1. The highest BCUT2D eigenvalue weighted by atomic mass is 35.5. The molecule has 11 heteroatoms. The zero-order valence-electron chi connectivity index (χ0n) is 21.7. The number of rotatable bonds is 14. The summed E-state index contributed by atoms with van der Waals surface area (Å²) in [4.78, 5) is 27.8. The van der Waals surface area contributed by atoms with Crippen LogP contribution < -0.4 is 14.4 Å². The Morgan fingerprint density at radius 3 is 2.30 bits per heavy atom. The molecule has 0 unspecified atom stereocenters. The lowest BCUT2D eigenvalue weighted by Crippen LogP contribution is -2.49. The Morgan fingerprint density at radius 2 is 1.76 bits per heavy atom. The van der Waals surface area contributed by atoms with Gasteiger partial charge in [0.1, 0.15) is 11.8 Å². The van der Waals surface area contributed by atoms with Gasteiger partial charge in [0.15, 0.2) is 0 Å². The predicted octanol–water partition coefficient (Wildman–Crippen LogP) is 4.88. The fourth-order valence-electron chi connectivity index (χ4n) is 3.89. The Balaban J connectivity index is 2.21. The summed E-state index contributed by atoms with van der Waals surface area (Å²) in [6.07, 6.45) is 2.63. The van der Waals surface area contributed by atoms with E-state index >= 15 is 0 Å². The number of halogens is 2. The van der Waals surface area contributed by atoms with Gasteiger partial charge in [-0.1, -0.05) is 49.2 Å². The Morgan fingerprint density at radius 1 is 1.08 bits per heavy atom. The van der Waals surface area contributed by atoms with Crippen LogP contribution in [0.25, 0.3) is 0 Å². The summed E-state index contributed by atoms with van der Waals surface area (Å²) in [7, 11) is -2.16. The first-order valence-corrected chi connectivity index (χ1v) is 14.7. The fourth-order valence-corrected chi connectivity index (χ4v) is 5.22. The molecule has 37 heavy (non-hydrogen) atoms. The van der Waals surface area contributed by atoms with Crippen molar-refractivity contribution >= 4 is 50.7 Å². The van der Waals surface area contributed by atoms with E-state index in [1.54, 1.807) is 29.2 Å². The molecule has 0 saturated carbocycles. The van der Waals surface area contributed by atoms with Gasteiger partial charge in [-0.25, -0.2) is 8.42 Å². The zero-order valence-corrected chi connectivity index (χ0v) is 24.0. The SMILES string of the molecule is CCCNC(=O)[C@H](CC)N(Cc1ccc(Cl)cc1)C(=O)CCCN(c1ccc(OC)c(Cl)c1)S(C)(=O)=O. The van der Waals surface area contributed by atoms with Gasteiger partial charge in [-0.15, -0.1) is 0 Å². The molecule has 1 N–H and O–H groups in total. The van der Waals surface area contributed by atoms with E-state index in [0.717, 1.165) is 18.2 Å². The number of carbonyl (C=O) groups is 2. The average molecular weight is 573 g/mol. The van der Waals surface area contributed by atoms with Crippen molar-refractivity contribution in [1.82, 2.24) is 10.2 Å². The minimum absolute atomic E-state index is 0.0566. The van der Waals surface area contributed by atoms with Crippen molar-refractivity contribution in [2.75, 3.05) is 30.8 Å². The molecular weight excluding hydrogens is 537 g/mol. The molecule has 0 aliphatic rings. The van der Waals surface area contributed by atoms with Crippen LogP contribution in [0, 0.1) is 0 Å². The van der Waals surface area contributed by atoms with Gasteiger partial charge in [0, 0.05) is 31.1 Å². The Kier molecular flexibility index (Phi) is 12.0. The standard InChI is InChI=1S/C26H35Cl2N3O5S/c1-5-15-29-26(33)23(6-2)30(18-19-9-11-20(27)12-10-19)25(32)8-7-16-31(37(4,34)35)21-13-14-24(36-3)22(28)17-21/h9-14,17,23H,5-8,15-16,18H2,1-4H3,(H,29,33)/t23-/m0/s1. The minimum atomic E-state index is -3.64. The lowest BCUT2D eigenvalue weighted by Gasteiger charge is -2.31. The smallest absolute Gasteiger partial charge is 0.242 e. The summed E-state index contributed by atoms with van der Waals surface area (Å²) in [5, 5.41) is 3.74. The maximum absolute atomic E-state index is 13.4. The predicted molar refractivity (Wildman–Crippen MR) is 149 cm³/mol. The second-order valence-corrected chi connectivity index (χ2v) is 11.4. The summed E-state index contributed by atoms with van der Waals surface area (Å²) >= 11 is 12.2. The second kappa shape index (κ2) is 14.4. The van der Waals surface area contributed by atoms with Gasteiger partial charge in [0.05, 0.1) is 24.1 Å². The zero-order chi connectivity index (χ0) is 27.6. The number of hydrogen-bond donors (Lipinski definition) is 1. The van der Waals surface area contributed by atoms with Crippen molar-refractivity contribution in [2.24, 2.45) is 0 Å². The molecule has 0 bridgehead atoms. The largest absolute Gasteiger partial charge is 0.495 e. The van der Waals surface area contributed by atoms with Crippen LogP contribution in [0.1, 0.15) is 45.1 Å². The van der Waals surface area contributed by atoms with Crippen LogP contribution in [-0.4, -0.2) is 57.6 Å². The van der Waals surface area contributed by atoms with Crippen LogP contribution >= 0.6 is 23.2 Å². The highest BCUT2D eigenvalue weighted by Gasteiger charge is 2.28. The number of hydrogen-bond acceptors (Lipinski definition) is 5. The van der Waals surface area contributed by atoms with E-state index in [0.29, 0.717) is 29.4 Å². The lowest BCUT2D eigenvalue weighted by atomic mass is 10.1. The Labute approximate surface area is 229 Å². The molecule has 0 radical (unpaired) electrons. The van der Waals surface area contributed by atoms with Crippen LogP contribution in [0.15, 0.2) is 42.5 Å². The minimum Gasteiger partial charge on any atom is -0.495 e. The molecule has 0 aliphatic heterocycles. The van der Waals surface area contributed by atoms with Crippen LogP contribution in [0.5, 0.6) is 5.75 Å². The van der Waals surface area contributed by atoms with E-state index in [9.17, 15) is 18.0 Å². The maximum atomic E-state index is 13.4. The van der Waals surface area contributed by atoms with E-state index in [-0.39, 0.29) is 42.8 Å². The molecule has 204 valence electrons. The van der Waals surface area contributed by atoms with E-state index in [4.69, 9.17) is 27.9 Å². The fraction of sp³-hybridized carbons (Fsp3) is 0.462. The summed E-state index contributed by atoms with van der Waals surface area (Å²) in [6, 6.07) is 11.2. The summed E-state index contributed by atoms with van der Waals surface area (Å²) in [5.41, 5.74) is 1.22. The topological polar surface area (TPSA) is 96.0 Å². The third-order valence-electron chi connectivity index (χ3n) is 5.78. The summed E-state index contributed by atoms with van der Waals surface area (Å²) in [6.45, 7) is 4.64. The first-order valence-electron chi connectivity index (χ1n) is 12.1. The van der Waals surface area contributed by atoms with Crippen LogP contribution in [0.3, 0.4) is 0 Å². The van der Waals surface area contributed by atoms with Crippen LogP contribution in [-0.2, 0) is 26.2 Å². The summed E-state index contributed by atoms with van der Waals surface area (Å²) < 4.78 is 31.4. The highest BCUT2D eigenvalue weighted by Crippen LogP contribution is 2.30. The van der Waals surface area contributed by atoms with E-state index in [1.807, 2.05) is 26.0 Å². The van der Waals surface area contributed by atoms with E-state index in [2.05, 4.69) is 5.32 Å². The van der Waals surface area contributed by atoms with Crippen LogP contribution in [0.2, 0.25) is 10.0 Å². The van der Waals surface area contributed by atoms with Gasteiger partial charge in [0.25, 0.3) is 0 Å². The highest BCUT2D eigenvalue weighted by molar-refractivity contribution is 7.92. The van der Waals surface area contributed by atoms with Gasteiger partial charge in [-0.3, -0.25) is 13.9 Å². The number of benzene rings is 2. The number of sulfonamides is 1. The monoisotopic (exact) mass is 571 g/mol. The van der Waals surface area contributed by atoms with Crippen molar-refractivity contribution in [1.29, 1.82) is 0 Å². The van der Waals surface area contributed by atoms with E-state index in [1.165, 1.54) is 17.5 Å². The van der Waals surface area contributed by atoms with Crippen LogP contribution in [0.4, 0.5) is 5.69 Å². The molecule has 0 fully saturated rings. The van der Waals surface area contributed by atoms with Gasteiger partial charge in [-0.05, 0) is 55.2 Å². The lowest BCUT2D eigenvalue weighted by molar-refractivity contribution is -0.141. The number of ether oxygens (including phenoxy) is 1. The molecule has 0 saturated heterocycles. The van der Waals surface area contributed by atoms with Crippen molar-refractivity contribution < 1.29 is 22.7 Å². The number of carbonyl (C=O) groups excluding carboxylic acids is 2. The van der Waals surface area contributed by atoms with E-state index < -0.39 is 16.1 Å². The molecule has 0 aliphatic carbocycles. The molecule has 0 spiro atoms. The van der Waals surface area contributed by atoms with Crippen molar-refractivity contribution in [3.05, 3.63) is 58.1 Å². The average Bonchev–Trinajstić information content (AvgIpc) is 2.85. The maximum Gasteiger partial charge on any atom is 0.242 e. The molecule has 2 amide bonds. The molecule has 8 nitrogen and oxygen atoms in total. The third kappa shape index (κ3) is 9.09. The summed E-state index contributed by atoms with van der Waals surface area (Å²) in [5.74, 6) is -0.0224. The van der Waals surface area contributed by atoms with Gasteiger partial charge in [-0.2, -0.15) is 0 Å². The molecule has 2 aromatic carbocycles. The number of nitrogens with zero attached hydrogens (tertiary/aromatic N) is 2. The Bertz CT molecular complexity index is 1160. The molecular formula is C26H35Cl2N3O5S. The van der Waals surface area contributed by atoms with Gasteiger partial charge in [0.2, 0.25) is 21.8 Å². The molecule has 2 rings (SSSR count). The number of methoxy groups -OCH3 is 1. The number of nitrogens with one attached hydrogen (secondary N) is 1. The van der Waals surface area contributed by atoms with Gasteiger partial charge < -0.3 is 15.0 Å². The second-order valence-electron chi connectivity index (χ2n) is 8.62. The molecule has 0 aromatic heterocycles. The first-order chi connectivity index (χ1) is 17.5. The molecule has 0 heterocycles. The Hall–Kier alpha value is -2.49. The van der Waals surface area contributed by atoms with Crippen molar-refractivity contribution in [2.45, 2.75) is 52.1 Å². The first kappa shape index (κ1) is 30.7. The number of anilines is 1. The molecule has 2 aromatic rings. The molecule has 1 atom stereocenters. The number of amides is 2.